The van der Waals surface area contributed by atoms with Gasteiger partial charge in [0.15, 0.2) is 0 Å². The summed E-state index contributed by atoms with van der Waals surface area (Å²) in [4.78, 5) is 43.8. The summed E-state index contributed by atoms with van der Waals surface area (Å²) in [6.07, 6.45) is 3.97. The minimum Gasteiger partial charge on any atom is -0.346 e. The van der Waals surface area contributed by atoms with Crippen LogP contribution in [0, 0.1) is 11.8 Å². The van der Waals surface area contributed by atoms with Gasteiger partial charge in [-0.25, -0.2) is 0 Å². The number of para-hydroxylation sites is 1. The summed E-state index contributed by atoms with van der Waals surface area (Å²) in [6, 6.07) is 7.59. The van der Waals surface area contributed by atoms with Crippen molar-refractivity contribution in [3.8, 4) is 0 Å². The molecule has 29 heavy (non-hydrogen) atoms. The minimum absolute atomic E-state index is 0.0167. The summed E-state index contributed by atoms with van der Waals surface area (Å²) < 4.78 is 0.855. The van der Waals surface area contributed by atoms with Gasteiger partial charge < -0.3 is 14.7 Å². The first-order valence-electron chi connectivity index (χ1n) is 10.5. The van der Waals surface area contributed by atoms with Gasteiger partial charge in [0.05, 0.1) is 5.69 Å². The molecule has 0 spiro atoms. The van der Waals surface area contributed by atoms with E-state index in [2.05, 4.69) is 22.9 Å². The third-order valence-corrected chi connectivity index (χ3v) is 6.70. The normalized spacial score (nSPS) is 20.2. The molecule has 1 unspecified atom stereocenters. The first kappa shape index (κ1) is 21.8. The quantitative estimate of drug-likeness (QED) is 0.607. The average Bonchev–Trinajstić information content (AvgIpc) is 3.12. The van der Waals surface area contributed by atoms with E-state index in [1.54, 1.807) is 9.80 Å². The summed E-state index contributed by atoms with van der Waals surface area (Å²) in [6.45, 7) is 4.56. The van der Waals surface area contributed by atoms with Crippen molar-refractivity contribution in [3.63, 3.8) is 0 Å². The van der Waals surface area contributed by atoms with Crippen LogP contribution in [-0.4, -0.2) is 60.7 Å². The zero-order valence-corrected chi connectivity index (χ0v) is 18.9. The number of anilines is 1. The van der Waals surface area contributed by atoms with Gasteiger partial charge in [-0.3, -0.25) is 14.4 Å². The lowest BCUT2D eigenvalue weighted by Gasteiger charge is -2.34. The van der Waals surface area contributed by atoms with E-state index < -0.39 is 5.92 Å². The third-order valence-electron chi connectivity index (χ3n) is 6.03. The topological polar surface area (TPSA) is 60.9 Å². The van der Waals surface area contributed by atoms with E-state index in [9.17, 15) is 14.4 Å². The van der Waals surface area contributed by atoms with Crippen molar-refractivity contribution in [1.82, 2.24) is 9.80 Å². The molecular formula is C22H30BrN3O3. The molecule has 3 rings (SSSR count). The van der Waals surface area contributed by atoms with Gasteiger partial charge in [0, 0.05) is 43.6 Å². The molecule has 3 amide bonds. The van der Waals surface area contributed by atoms with Gasteiger partial charge in [-0.1, -0.05) is 25.5 Å². The molecule has 1 aromatic rings. The zero-order valence-electron chi connectivity index (χ0n) is 17.3. The molecule has 0 saturated carbocycles. The van der Waals surface area contributed by atoms with Gasteiger partial charge in [0.1, 0.15) is 5.92 Å². The predicted molar refractivity (Wildman–Crippen MR) is 116 cm³/mol. The number of hydrogen-bond donors (Lipinski definition) is 0. The highest BCUT2D eigenvalue weighted by Gasteiger charge is 2.41. The number of carbonyl (C=O) groups is 3. The molecule has 158 valence electrons. The van der Waals surface area contributed by atoms with Gasteiger partial charge in [-0.05, 0) is 53.7 Å². The molecule has 2 saturated heterocycles. The van der Waals surface area contributed by atoms with Crippen LogP contribution in [0.25, 0.3) is 0 Å². The average molecular weight is 464 g/mol. The van der Waals surface area contributed by atoms with E-state index in [0.29, 0.717) is 38.9 Å². The fraction of sp³-hybridized carbons (Fsp3) is 0.591. The van der Waals surface area contributed by atoms with Crippen molar-refractivity contribution < 1.29 is 14.4 Å². The summed E-state index contributed by atoms with van der Waals surface area (Å²) >= 11 is 3.49. The van der Waals surface area contributed by atoms with Crippen LogP contribution < -0.4 is 4.90 Å². The van der Waals surface area contributed by atoms with Crippen molar-refractivity contribution in [1.29, 1.82) is 0 Å². The lowest BCUT2D eigenvalue weighted by Crippen LogP contribution is -2.46. The maximum atomic E-state index is 13.0. The Morgan fingerprint density at radius 3 is 2.48 bits per heavy atom. The Kier molecular flexibility index (Phi) is 7.33. The maximum Gasteiger partial charge on any atom is 0.239 e. The van der Waals surface area contributed by atoms with Crippen LogP contribution in [0.4, 0.5) is 5.69 Å². The number of amides is 3. The van der Waals surface area contributed by atoms with Gasteiger partial charge >= 0.3 is 0 Å². The van der Waals surface area contributed by atoms with E-state index in [-0.39, 0.29) is 23.6 Å². The standard InChI is InChI=1S/C22H30BrN3O3/c1-3-4-12-24(2)20(27)16-9-13-25(14-10-16)21(28)17-11-15-26(22(17)29)19-8-6-5-7-18(19)23/h5-8,16-17H,3-4,9-15H2,1-2H3. The SMILES string of the molecule is CCCCN(C)C(=O)C1CCN(C(=O)C2CCN(c3ccccc3Br)C2=O)CC1. The van der Waals surface area contributed by atoms with Gasteiger partial charge in [-0.15, -0.1) is 0 Å². The first-order chi connectivity index (χ1) is 13.9. The number of likely N-dealkylation sites (tertiary alicyclic amines) is 1. The lowest BCUT2D eigenvalue weighted by atomic mass is 9.94. The second-order valence-corrected chi connectivity index (χ2v) is 8.85. The zero-order chi connectivity index (χ0) is 21.0. The molecule has 2 heterocycles. The molecule has 0 aromatic heterocycles. The maximum absolute atomic E-state index is 13.0. The van der Waals surface area contributed by atoms with Crippen LogP contribution in [0.15, 0.2) is 28.7 Å². The minimum atomic E-state index is -0.610. The van der Waals surface area contributed by atoms with E-state index in [1.807, 2.05) is 36.2 Å². The highest BCUT2D eigenvalue weighted by Crippen LogP contribution is 2.32. The summed E-state index contributed by atoms with van der Waals surface area (Å²) in [7, 11) is 1.86. The summed E-state index contributed by atoms with van der Waals surface area (Å²) in [5, 5.41) is 0. The Bertz CT molecular complexity index is 761. The highest BCUT2D eigenvalue weighted by molar-refractivity contribution is 9.10. The monoisotopic (exact) mass is 463 g/mol. The van der Waals surface area contributed by atoms with Crippen molar-refractivity contribution in [2.75, 3.05) is 38.1 Å². The van der Waals surface area contributed by atoms with Gasteiger partial charge in [0.25, 0.3) is 0 Å². The second kappa shape index (κ2) is 9.74. The molecule has 2 aliphatic rings. The fourth-order valence-electron chi connectivity index (χ4n) is 4.20. The van der Waals surface area contributed by atoms with Gasteiger partial charge in [-0.2, -0.15) is 0 Å². The van der Waals surface area contributed by atoms with Crippen LogP contribution in [0.1, 0.15) is 39.0 Å². The van der Waals surface area contributed by atoms with Crippen molar-refractivity contribution in [2.24, 2.45) is 11.8 Å². The second-order valence-electron chi connectivity index (χ2n) is 8.00. The van der Waals surface area contributed by atoms with Crippen LogP contribution >= 0.6 is 15.9 Å². The number of piperidine rings is 1. The Hall–Kier alpha value is -1.89. The number of nitrogens with zero attached hydrogens (tertiary/aromatic N) is 3. The molecule has 6 nitrogen and oxygen atoms in total. The molecule has 0 radical (unpaired) electrons. The Balaban J connectivity index is 1.55. The molecule has 1 atom stereocenters. The van der Waals surface area contributed by atoms with Crippen molar-refractivity contribution in [3.05, 3.63) is 28.7 Å². The van der Waals surface area contributed by atoms with Crippen LogP contribution in [0.2, 0.25) is 0 Å². The highest BCUT2D eigenvalue weighted by atomic mass is 79.9. The third kappa shape index (κ3) is 4.82. The summed E-state index contributed by atoms with van der Waals surface area (Å²) in [5.41, 5.74) is 0.812. The Labute approximate surface area is 181 Å². The lowest BCUT2D eigenvalue weighted by molar-refractivity contribution is -0.144. The predicted octanol–water partition coefficient (Wildman–Crippen LogP) is 3.30. The molecule has 0 bridgehead atoms. The number of carbonyl (C=O) groups excluding carboxylic acids is 3. The molecule has 2 aliphatic heterocycles. The first-order valence-corrected chi connectivity index (χ1v) is 11.3. The number of hydrogen-bond acceptors (Lipinski definition) is 3. The Morgan fingerprint density at radius 1 is 1.14 bits per heavy atom. The largest absolute Gasteiger partial charge is 0.346 e. The summed E-state index contributed by atoms with van der Waals surface area (Å²) in [5.74, 6) is -0.657. The van der Waals surface area contributed by atoms with E-state index in [4.69, 9.17) is 0 Å². The smallest absolute Gasteiger partial charge is 0.239 e. The fourth-order valence-corrected chi connectivity index (χ4v) is 4.70. The molecule has 0 aliphatic carbocycles. The van der Waals surface area contributed by atoms with Crippen molar-refractivity contribution in [2.45, 2.75) is 39.0 Å². The number of benzene rings is 1. The van der Waals surface area contributed by atoms with Crippen LogP contribution in [0.5, 0.6) is 0 Å². The molecule has 7 heteroatoms. The van der Waals surface area contributed by atoms with E-state index >= 15 is 0 Å². The number of unbranched alkanes of at least 4 members (excludes halogenated alkanes) is 1. The van der Waals surface area contributed by atoms with Gasteiger partial charge in [0.2, 0.25) is 17.7 Å². The Morgan fingerprint density at radius 2 is 1.83 bits per heavy atom. The van der Waals surface area contributed by atoms with Crippen LogP contribution in [0.3, 0.4) is 0 Å². The molecular weight excluding hydrogens is 434 g/mol. The van der Waals surface area contributed by atoms with E-state index in [0.717, 1.165) is 29.5 Å². The molecule has 1 aromatic carbocycles. The van der Waals surface area contributed by atoms with E-state index in [1.165, 1.54) is 0 Å². The number of halogens is 1. The molecule has 2 fully saturated rings. The van der Waals surface area contributed by atoms with Crippen LogP contribution in [-0.2, 0) is 14.4 Å². The van der Waals surface area contributed by atoms with Crippen molar-refractivity contribution >= 4 is 39.3 Å². The number of rotatable bonds is 6. The molecule has 0 N–H and O–H groups in total.